The first kappa shape index (κ1) is 18.7. The van der Waals surface area contributed by atoms with Crippen LogP contribution in [-0.4, -0.2) is 50.1 Å². The van der Waals surface area contributed by atoms with E-state index >= 15 is 0 Å². The number of hydrogen-bond acceptors (Lipinski definition) is 4. The number of amides is 1. The highest BCUT2D eigenvalue weighted by atomic mass is 16.5. The van der Waals surface area contributed by atoms with Gasteiger partial charge in [-0.15, -0.1) is 0 Å². The van der Waals surface area contributed by atoms with Crippen molar-refractivity contribution in [2.45, 2.75) is 33.2 Å². The predicted molar refractivity (Wildman–Crippen MR) is 97.2 cm³/mol. The second kappa shape index (κ2) is 10.3. The molecule has 1 atom stereocenters. The lowest BCUT2D eigenvalue weighted by Gasteiger charge is -2.22. The Morgan fingerprint density at radius 3 is 2.83 bits per heavy atom. The van der Waals surface area contributed by atoms with Crippen LogP contribution in [0.1, 0.15) is 32.3 Å². The van der Waals surface area contributed by atoms with Crippen molar-refractivity contribution in [3.8, 4) is 5.75 Å². The van der Waals surface area contributed by atoms with Gasteiger partial charge < -0.3 is 20.3 Å². The Morgan fingerprint density at radius 2 is 2.12 bits per heavy atom. The first-order valence-electron chi connectivity index (χ1n) is 9.16. The van der Waals surface area contributed by atoms with Gasteiger partial charge in [-0.2, -0.15) is 0 Å². The Bertz CT molecular complexity index is 497. The van der Waals surface area contributed by atoms with Crippen molar-refractivity contribution in [1.29, 1.82) is 0 Å². The highest BCUT2D eigenvalue weighted by molar-refractivity contribution is 5.79. The van der Waals surface area contributed by atoms with Crippen LogP contribution in [0.2, 0.25) is 0 Å². The monoisotopic (exact) mass is 333 g/mol. The molecular formula is C19H31N3O2. The third kappa shape index (κ3) is 5.80. The van der Waals surface area contributed by atoms with Crippen LogP contribution < -0.4 is 15.4 Å². The summed E-state index contributed by atoms with van der Waals surface area (Å²) in [5.41, 5.74) is 1.04. The third-order valence-electron chi connectivity index (χ3n) is 4.65. The summed E-state index contributed by atoms with van der Waals surface area (Å²) < 4.78 is 5.94. The SMILES string of the molecule is CCN(CC)CCOc1ccccc1CNC(=O)C1CCCNC1. The quantitative estimate of drug-likeness (QED) is 0.726. The maximum Gasteiger partial charge on any atom is 0.224 e. The van der Waals surface area contributed by atoms with Gasteiger partial charge in [-0.1, -0.05) is 32.0 Å². The lowest BCUT2D eigenvalue weighted by molar-refractivity contribution is -0.125. The molecule has 0 spiro atoms. The van der Waals surface area contributed by atoms with Gasteiger partial charge in [-0.25, -0.2) is 0 Å². The fourth-order valence-corrected chi connectivity index (χ4v) is 3.02. The molecule has 1 aromatic rings. The number of para-hydroxylation sites is 1. The van der Waals surface area contributed by atoms with Crippen LogP contribution in [0.15, 0.2) is 24.3 Å². The molecule has 0 bridgehead atoms. The molecule has 0 aliphatic carbocycles. The van der Waals surface area contributed by atoms with Crippen molar-refractivity contribution in [1.82, 2.24) is 15.5 Å². The summed E-state index contributed by atoms with van der Waals surface area (Å²) in [5.74, 6) is 1.10. The van der Waals surface area contributed by atoms with E-state index in [0.717, 1.165) is 56.9 Å². The highest BCUT2D eigenvalue weighted by Gasteiger charge is 2.20. The molecule has 1 fully saturated rings. The van der Waals surface area contributed by atoms with E-state index in [2.05, 4.69) is 29.4 Å². The molecule has 1 aromatic carbocycles. The molecule has 1 unspecified atom stereocenters. The molecule has 2 N–H and O–H groups in total. The molecule has 1 aliphatic heterocycles. The van der Waals surface area contributed by atoms with Crippen molar-refractivity contribution in [2.24, 2.45) is 5.92 Å². The number of rotatable bonds is 9. The van der Waals surface area contributed by atoms with E-state index in [9.17, 15) is 4.79 Å². The van der Waals surface area contributed by atoms with Crippen LogP contribution >= 0.6 is 0 Å². The minimum Gasteiger partial charge on any atom is -0.492 e. The zero-order valence-corrected chi connectivity index (χ0v) is 15.0. The third-order valence-corrected chi connectivity index (χ3v) is 4.65. The molecule has 1 saturated heterocycles. The molecule has 2 rings (SSSR count). The molecule has 1 heterocycles. The van der Waals surface area contributed by atoms with Crippen molar-refractivity contribution in [3.63, 3.8) is 0 Å². The molecule has 1 aliphatic rings. The van der Waals surface area contributed by atoms with E-state index in [4.69, 9.17) is 4.74 Å². The van der Waals surface area contributed by atoms with E-state index in [1.54, 1.807) is 0 Å². The summed E-state index contributed by atoms with van der Waals surface area (Å²) in [6, 6.07) is 7.96. The molecule has 5 nitrogen and oxygen atoms in total. The lowest BCUT2D eigenvalue weighted by atomic mass is 9.99. The van der Waals surface area contributed by atoms with Gasteiger partial charge in [0.05, 0.1) is 5.92 Å². The van der Waals surface area contributed by atoms with Gasteiger partial charge in [0, 0.05) is 25.2 Å². The van der Waals surface area contributed by atoms with Gasteiger partial charge >= 0.3 is 0 Å². The molecule has 1 amide bonds. The molecule has 0 radical (unpaired) electrons. The van der Waals surface area contributed by atoms with Crippen LogP contribution in [0.5, 0.6) is 5.75 Å². The minimum atomic E-state index is 0.0921. The average Bonchev–Trinajstić information content (AvgIpc) is 2.65. The van der Waals surface area contributed by atoms with E-state index in [-0.39, 0.29) is 11.8 Å². The summed E-state index contributed by atoms with van der Waals surface area (Å²) in [6.07, 6.45) is 2.05. The maximum absolute atomic E-state index is 12.3. The maximum atomic E-state index is 12.3. The summed E-state index contributed by atoms with van der Waals surface area (Å²) in [5, 5.41) is 6.35. The summed E-state index contributed by atoms with van der Waals surface area (Å²) in [6.45, 7) is 10.3. The fraction of sp³-hybridized carbons (Fsp3) is 0.632. The number of ether oxygens (including phenoxy) is 1. The molecule has 5 heteroatoms. The van der Waals surface area contributed by atoms with Crippen LogP contribution in [-0.2, 0) is 11.3 Å². The Kier molecular flexibility index (Phi) is 8.05. The Hall–Kier alpha value is -1.59. The molecule has 0 aromatic heterocycles. The van der Waals surface area contributed by atoms with Crippen LogP contribution in [0.25, 0.3) is 0 Å². The van der Waals surface area contributed by atoms with Crippen molar-refractivity contribution in [3.05, 3.63) is 29.8 Å². The molecular weight excluding hydrogens is 302 g/mol. The van der Waals surface area contributed by atoms with Gasteiger partial charge in [0.15, 0.2) is 0 Å². The van der Waals surface area contributed by atoms with Crippen molar-refractivity contribution in [2.75, 3.05) is 39.3 Å². The minimum absolute atomic E-state index is 0.0921. The molecule has 24 heavy (non-hydrogen) atoms. The number of nitrogens with one attached hydrogen (secondary N) is 2. The number of benzene rings is 1. The Morgan fingerprint density at radius 1 is 1.33 bits per heavy atom. The number of piperidine rings is 1. The second-order valence-corrected chi connectivity index (χ2v) is 6.24. The number of hydrogen-bond donors (Lipinski definition) is 2. The van der Waals surface area contributed by atoms with Crippen LogP contribution in [0.3, 0.4) is 0 Å². The van der Waals surface area contributed by atoms with Gasteiger partial charge in [0.2, 0.25) is 5.91 Å². The Balaban J connectivity index is 1.83. The highest BCUT2D eigenvalue weighted by Crippen LogP contribution is 2.18. The Labute approximate surface area is 145 Å². The standard InChI is InChI=1S/C19H31N3O2/c1-3-22(4-2)12-13-24-18-10-6-5-8-16(18)15-21-19(23)17-9-7-11-20-14-17/h5-6,8,10,17,20H,3-4,7,9,11-15H2,1-2H3,(H,21,23). The van der Waals surface area contributed by atoms with Crippen LogP contribution in [0.4, 0.5) is 0 Å². The zero-order valence-electron chi connectivity index (χ0n) is 15.0. The number of likely N-dealkylation sites (N-methyl/N-ethyl adjacent to an activating group) is 1. The largest absolute Gasteiger partial charge is 0.492 e. The zero-order chi connectivity index (χ0) is 17.2. The van der Waals surface area contributed by atoms with Crippen molar-refractivity contribution < 1.29 is 9.53 Å². The van der Waals surface area contributed by atoms with E-state index < -0.39 is 0 Å². The number of carbonyl (C=O) groups excluding carboxylic acids is 1. The first-order chi connectivity index (χ1) is 11.7. The summed E-state index contributed by atoms with van der Waals surface area (Å²) >= 11 is 0. The smallest absolute Gasteiger partial charge is 0.224 e. The van der Waals surface area contributed by atoms with Crippen LogP contribution in [0, 0.1) is 5.92 Å². The van der Waals surface area contributed by atoms with Gasteiger partial charge in [0.1, 0.15) is 12.4 Å². The fourth-order valence-electron chi connectivity index (χ4n) is 3.02. The van der Waals surface area contributed by atoms with Gasteiger partial charge in [-0.3, -0.25) is 4.79 Å². The van der Waals surface area contributed by atoms with E-state index in [1.165, 1.54) is 0 Å². The summed E-state index contributed by atoms with van der Waals surface area (Å²) in [4.78, 5) is 14.6. The first-order valence-corrected chi connectivity index (χ1v) is 9.16. The summed E-state index contributed by atoms with van der Waals surface area (Å²) in [7, 11) is 0. The second-order valence-electron chi connectivity index (χ2n) is 6.24. The topological polar surface area (TPSA) is 53.6 Å². The average molecular weight is 333 g/mol. The number of carbonyl (C=O) groups is 1. The predicted octanol–water partition coefficient (Wildman–Crippen LogP) is 2.02. The van der Waals surface area contributed by atoms with Gasteiger partial charge in [-0.05, 0) is 38.5 Å². The van der Waals surface area contributed by atoms with E-state index in [1.807, 2.05) is 24.3 Å². The number of nitrogens with zero attached hydrogens (tertiary/aromatic N) is 1. The molecule has 134 valence electrons. The van der Waals surface area contributed by atoms with Crippen molar-refractivity contribution >= 4 is 5.91 Å². The lowest BCUT2D eigenvalue weighted by Crippen LogP contribution is -2.40. The molecule has 0 saturated carbocycles. The normalized spacial score (nSPS) is 17.7. The van der Waals surface area contributed by atoms with E-state index in [0.29, 0.717) is 13.2 Å². The van der Waals surface area contributed by atoms with Gasteiger partial charge in [0.25, 0.3) is 0 Å².